The van der Waals surface area contributed by atoms with Crippen LogP contribution in [0.5, 0.6) is 0 Å². The molecule has 1 N–H and O–H groups in total. The summed E-state index contributed by atoms with van der Waals surface area (Å²) in [5.41, 5.74) is 1.27. The number of halogens is 2. The van der Waals surface area contributed by atoms with Gasteiger partial charge in [-0.3, -0.25) is 4.79 Å². The maximum atomic E-state index is 12.4. The van der Waals surface area contributed by atoms with Crippen LogP contribution in [0.25, 0.3) is 10.8 Å². The summed E-state index contributed by atoms with van der Waals surface area (Å²) < 4.78 is 0.972. The molecule has 2 nitrogen and oxygen atoms in total. The standard InChI is InChI=1S/C17H11ClINO/c18-15-9-8-12(19)10-14(15)17(21)20-16-7-3-5-11-4-1-2-6-13(11)16/h1-10H,(H,20,21). The smallest absolute Gasteiger partial charge is 0.257 e. The first kappa shape index (κ1) is 14.4. The highest BCUT2D eigenvalue weighted by Gasteiger charge is 2.12. The molecule has 0 aliphatic rings. The first-order valence-corrected chi connectivity index (χ1v) is 7.85. The predicted molar refractivity (Wildman–Crippen MR) is 96.1 cm³/mol. The molecule has 0 heterocycles. The SMILES string of the molecule is O=C(Nc1cccc2ccccc12)c1cc(I)ccc1Cl. The fraction of sp³-hybridized carbons (Fsp3) is 0. The van der Waals surface area contributed by atoms with Crippen molar-refractivity contribution in [3.63, 3.8) is 0 Å². The summed E-state index contributed by atoms with van der Waals surface area (Å²) in [4.78, 5) is 12.4. The van der Waals surface area contributed by atoms with Gasteiger partial charge in [-0.05, 0) is 52.2 Å². The molecule has 3 aromatic rings. The molecule has 3 rings (SSSR count). The Morgan fingerprint density at radius 3 is 2.62 bits per heavy atom. The maximum Gasteiger partial charge on any atom is 0.257 e. The van der Waals surface area contributed by atoms with Crippen molar-refractivity contribution >= 4 is 56.6 Å². The van der Waals surface area contributed by atoms with Crippen LogP contribution in [0.15, 0.2) is 60.7 Å². The second-order valence-electron chi connectivity index (χ2n) is 4.61. The molecule has 0 radical (unpaired) electrons. The molecule has 0 saturated heterocycles. The third-order valence-electron chi connectivity index (χ3n) is 3.21. The average Bonchev–Trinajstić information content (AvgIpc) is 2.50. The number of nitrogens with one attached hydrogen (secondary N) is 1. The van der Waals surface area contributed by atoms with Crippen molar-refractivity contribution in [1.29, 1.82) is 0 Å². The summed E-state index contributed by atoms with van der Waals surface area (Å²) in [5.74, 6) is -0.199. The van der Waals surface area contributed by atoms with Crippen LogP contribution in [0.3, 0.4) is 0 Å². The second kappa shape index (κ2) is 6.03. The molecule has 0 bridgehead atoms. The number of carbonyl (C=O) groups is 1. The maximum absolute atomic E-state index is 12.4. The fourth-order valence-corrected chi connectivity index (χ4v) is 2.89. The van der Waals surface area contributed by atoms with E-state index in [9.17, 15) is 4.79 Å². The molecular weight excluding hydrogens is 397 g/mol. The molecule has 0 unspecified atom stereocenters. The minimum absolute atomic E-state index is 0.199. The fourth-order valence-electron chi connectivity index (χ4n) is 2.20. The molecule has 0 spiro atoms. The van der Waals surface area contributed by atoms with Crippen LogP contribution in [0.4, 0.5) is 5.69 Å². The van der Waals surface area contributed by atoms with Crippen molar-refractivity contribution in [1.82, 2.24) is 0 Å². The summed E-state index contributed by atoms with van der Waals surface area (Å²) in [7, 11) is 0. The van der Waals surface area contributed by atoms with Gasteiger partial charge in [-0.1, -0.05) is 48.0 Å². The van der Waals surface area contributed by atoms with Gasteiger partial charge in [-0.25, -0.2) is 0 Å². The molecule has 0 saturated carbocycles. The molecule has 1 amide bonds. The summed E-state index contributed by atoms with van der Waals surface area (Å²) in [6.07, 6.45) is 0. The summed E-state index contributed by atoms with van der Waals surface area (Å²) in [6.45, 7) is 0. The van der Waals surface area contributed by atoms with Crippen LogP contribution in [-0.2, 0) is 0 Å². The van der Waals surface area contributed by atoms with Crippen molar-refractivity contribution in [2.24, 2.45) is 0 Å². The lowest BCUT2D eigenvalue weighted by Crippen LogP contribution is -2.13. The Hall–Kier alpha value is -1.59. The predicted octanol–water partition coefficient (Wildman–Crippen LogP) is 5.35. The molecule has 21 heavy (non-hydrogen) atoms. The van der Waals surface area contributed by atoms with Crippen molar-refractivity contribution in [2.45, 2.75) is 0 Å². The van der Waals surface area contributed by atoms with Gasteiger partial charge in [0.05, 0.1) is 10.6 Å². The van der Waals surface area contributed by atoms with E-state index in [0.29, 0.717) is 10.6 Å². The molecule has 3 aromatic carbocycles. The van der Waals surface area contributed by atoms with Gasteiger partial charge in [-0.15, -0.1) is 0 Å². The Morgan fingerprint density at radius 2 is 1.76 bits per heavy atom. The van der Waals surface area contributed by atoms with Crippen LogP contribution in [0, 0.1) is 3.57 Å². The van der Waals surface area contributed by atoms with E-state index in [4.69, 9.17) is 11.6 Å². The lowest BCUT2D eigenvalue weighted by molar-refractivity contribution is 0.102. The molecule has 0 fully saturated rings. The Balaban J connectivity index is 1.99. The quantitative estimate of drug-likeness (QED) is 0.570. The average molecular weight is 408 g/mol. The summed E-state index contributed by atoms with van der Waals surface area (Å²) >= 11 is 8.27. The Labute approximate surface area is 141 Å². The van der Waals surface area contributed by atoms with Crippen LogP contribution in [0.1, 0.15) is 10.4 Å². The second-order valence-corrected chi connectivity index (χ2v) is 6.26. The van der Waals surface area contributed by atoms with Gasteiger partial charge in [0.25, 0.3) is 5.91 Å². The van der Waals surface area contributed by atoms with E-state index in [1.54, 1.807) is 12.1 Å². The highest BCUT2D eigenvalue weighted by Crippen LogP contribution is 2.25. The minimum Gasteiger partial charge on any atom is -0.321 e. The Morgan fingerprint density at radius 1 is 1.00 bits per heavy atom. The van der Waals surface area contributed by atoms with Crippen LogP contribution >= 0.6 is 34.2 Å². The normalized spacial score (nSPS) is 10.6. The summed E-state index contributed by atoms with van der Waals surface area (Å²) in [6, 6.07) is 19.2. The first-order chi connectivity index (χ1) is 10.1. The number of anilines is 1. The van der Waals surface area contributed by atoms with Gasteiger partial charge in [0.15, 0.2) is 0 Å². The van der Waals surface area contributed by atoms with E-state index in [2.05, 4.69) is 27.9 Å². The third kappa shape index (κ3) is 3.04. The van der Waals surface area contributed by atoms with E-state index >= 15 is 0 Å². The monoisotopic (exact) mass is 407 g/mol. The zero-order valence-corrected chi connectivity index (χ0v) is 13.9. The van der Waals surface area contributed by atoms with Crippen molar-refractivity contribution in [2.75, 3.05) is 5.32 Å². The van der Waals surface area contributed by atoms with Gasteiger partial charge in [0.2, 0.25) is 0 Å². The number of fused-ring (bicyclic) bond motifs is 1. The third-order valence-corrected chi connectivity index (χ3v) is 4.21. The number of rotatable bonds is 2. The van der Waals surface area contributed by atoms with E-state index in [1.165, 1.54) is 0 Å². The highest BCUT2D eigenvalue weighted by molar-refractivity contribution is 14.1. The molecule has 4 heteroatoms. The number of hydrogen-bond acceptors (Lipinski definition) is 1. The van der Waals surface area contributed by atoms with Crippen LogP contribution < -0.4 is 5.32 Å². The van der Waals surface area contributed by atoms with Gasteiger partial charge in [0.1, 0.15) is 0 Å². The van der Waals surface area contributed by atoms with Crippen LogP contribution in [0.2, 0.25) is 5.02 Å². The minimum atomic E-state index is -0.199. The van der Waals surface area contributed by atoms with Gasteiger partial charge in [-0.2, -0.15) is 0 Å². The number of amides is 1. The van der Waals surface area contributed by atoms with Gasteiger partial charge >= 0.3 is 0 Å². The van der Waals surface area contributed by atoms with E-state index < -0.39 is 0 Å². The zero-order chi connectivity index (χ0) is 14.8. The largest absolute Gasteiger partial charge is 0.321 e. The topological polar surface area (TPSA) is 29.1 Å². The molecule has 0 aliphatic heterocycles. The molecule has 0 aromatic heterocycles. The molecule has 104 valence electrons. The number of hydrogen-bond donors (Lipinski definition) is 1. The highest BCUT2D eigenvalue weighted by atomic mass is 127. The van der Waals surface area contributed by atoms with Crippen LogP contribution in [-0.4, -0.2) is 5.91 Å². The van der Waals surface area contributed by atoms with E-state index in [-0.39, 0.29) is 5.91 Å². The number of benzene rings is 3. The lowest BCUT2D eigenvalue weighted by Gasteiger charge is -2.10. The van der Waals surface area contributed by atoms with Crippen molar-refractivity contribution < 1.29 is 4.79 Å². The van der Waals surface area contributed by atoms with Crippen molar-refractivity contribution in [3.05, 3.63) is 74.8 Å². The van der Waals surface area contributed by atoms with Crippen molar-refractivity contribution in [3.8, 4) is 0 Å². The van der Waals surface area contributed by atoms with E-state index in [1.807, 2.05) is 48.5 Å². The molecule has 0 aliphatic carbocycles. The van der Waals surface area contributed by atoms with Gasteiger partial charge < -0.3 is 5.32 Å². The summed E-state index contributed by atoms with van der Waals surface area (Å²) in [5, 5.41) is 5.49. The Bertz CT molecular complexity index is 827. The first-order valence-electron chi connectivity index (χ1n) is 6.39. The molecular formula is C17H11ClINO. The van der Waals surface area contributed by atoms with E-state index in [0.717, 1.165) is 20.0 Å². The zero-order valence-electron chi connectivity index (χ0n) is 10.9. The lowest BCUT2D eigenvalue weighted by atomic mass is 10.1. The Kier molecular flexibility index (Phi) is 4.12. The molecule has 0 atom stereocenters. The van der Waals surface area contributed by atoms with Gasteiger partial charge in [0, 0.05) is 14.6 Å². The number of carbonyl (C=O) groups excluding carboxylic acids is 1.